The van der Waals surface area contributed by atoms with Gasteiger partial charge in [-0.25, -0.2) is 4.90 Å². The molecule has 4 aliphatic rings. The van der Waals surface area contributed by atoms with Crippen molar-refractivity contribution in [2.45, 2.75) is 24.4 Å². The summed E-state index contributed by atoms with van der Waals surface area (Å²) in [7, 11) is 0. The van der Waals surface area contributed by atoms with Crippen LogP contribution in [0.15, 0.2) is 51.4 Å². The first-order valence-corrected chi connectivity index (χ1v) is 11.5. The van der Waals surface area contributed by atoms with E-state index in [2.05, 4.69) is 42.1 Å². The number of carbonyl (C=O) groups is 3. The minimum atomic E-state index is -1.14. The zero-order valence-electron chi connectivity index (χ0n) is 15.8. The average Bonchev–Trinajstić information content (AvgIpc) is 3.40. The monoisotopic (exact) mass is 529 g/mol. The number of benzene rings is 2. The van der Waals surface area contributed by atoms with Crippen LogP contribution in [-0.4, -0.2) is 35.2 Å². The second-order valence-corrected chi connectivity index (χ2v) is 10.1. The van der Waals surface area contributed by atoms with Gasteiger partial charge in [-0.3, -0.25) is 19.3 Å². The first kappa shape index (κ1) is 18.7. The quantitative estimate of drug-likeness (QED) is 0.571. The van der Waals surface area contributed by atoms with Crippen molar-refractivity contribution >= 4 is 61.0 Å². The Bertz CT molecular complexity index is 1150. The molecule has 6 nitrogen and oxygen atoms in total. The number of amides is 3. The topological polar surface area (TPSA) is 69.7 Å². The average molecular weight is 531 g/mol. The number of imide groups is 1. The van der Waals surface area contributed by atoms with Crippen molar-refractivity contribution in [3.8, 4) is 0 Å². The highest BCUT2D eigenvalue weighted by Gasteiger charge is 2.74. The molecule has 3 saturated heterocycles. The highest BCUT2D eigenvalue weighted by molar-refractivity contribution is 9.10. The van der Waals surface area contributed by atoms with E-state index in [1.54, 1.807) is 18.2 Å². The van der Waals surface area contributed by atoms with Crippen LogP contribution in [0.4, 0.5) is 11.4 Å². The maximum atomic E-state index is 13.8. The minimum Gasteiger partial charge on any atom is -0.324 e. The Kier molecular flexibility index (Phi) is 3.90. The van der Waals surface area contributed by atoms with Gasteiger partial charge >= 0.3 is 0 Å². The molecule has 0 unspecified atom stereocenters. The second-order valence-electron chi connectivity index (χ2n) is 8.31. The smallest absolute Gasteiger partial charge is 0.250 e. The number of hydrogen-bond donors (Lipinski definition) is 1. The first-order valence-electron chi connectivity index (χ1n) is 9.96. The van der Waals surface area contributed by atoms with Crippen LogP contribution in [0.3, 0.4) is 0 Å². The summed E-state index contributed by atoms with van der Waals surface area (Å²) in [6.07, 6.45) is 1.72. The van der Waals surface area contributed by atoms with Crippen molar-refractivity contribution < 1.29 is 14.4 Å². The molecule has 0 aliphatic carbocycles. The van der Waals surface area contributed by atoms with Gasteiger partial charge in [0, 0.05) is 26.2 Å². The fourth-order valence-corrected chi connectivity index (χ4v) is 6.79. The molecule has 3 fully saturated rings. The minimum absolute atomic E-state index is 0.112. The third-order valence-corrected chi connectivity index (χ3v) is 8.01. The summed E-state index contributed by atoms with van der Waals surface area (Å²) in [5.74, 6) is -1.94. The molecule has 0 aromatic heterocycles. The molecule has 3 amide bonds. The molecule has 0 bridgehead atoms. The van der Waals surface area contributed by atoms with Gasteiger partial charge in [-0.05, 0) is 55.8 Å². The lowest BCUT2D eigenvalue weighted by molar-refractivity contribution is -0.135. The molecular formula is C22H17Br2N3O3. The molecular weight excluding hydrogens is 514 g/mol. The summed E-state index contributed by atoms with van der Waals surface area (Å²) in [5, 5.41) is 2.99. The van der Waals surface area contributed by atoms with Crippen molar-refractivity contribution in [1.29, 1.82) is 0 Å². The van der Waals surface area contributed by atoms with E-state index in [-0.39, 0.29) is 23.8 Å². The summed E-state index contributed by atoms with van der Waals surface area (Å²) in [6, 6.07) is 12.7. The molecule has 0 radical (unpaired) electrons. The Morgan fingerprint density at radius 3 is 2.60 bits per heavy atom. The Labute approximate surface area is 189 Å². The van der Waals surface area contributed by atoms with E-state index >= 15 is 0 Å². The van der Waals surface area contributed by atoms with Gasteiger partial charge in [-0.1, -0.05) is 37.9 Å². The van der Waals surface area contributed by atoms with E-state index in [1.807, 2.05) is 24.3 Å². The number of rotatable bonds is 1. The van der Waals surface area contributed by atoms with E-state index in [4.69, 9.17) is 0 Å². The van der Waals surface area contributed by atoms with Gasteiger partial charge in [0.25, 0.3) is 0 Å². The number of fused-ring (bicyclic) bond motifs is 7. The third kappa shape index (κ3) is 2.14. The molecule has 2 aromatic carbocycles. The summed E-state index contributed by atoms with van der Waals surface area (Å²) in [5.41, 5.74) is 0.911. The van der Waals surface area contributed by atoms with Gasteiger partial charge in [-0.15, -0.1) is 0 Å². The molecule has 1 N–H and O–H groups in total. The van der Waals surface area contributed by atoms with Crippen LogP contribution >= 0.6 is 31.9 Å². The first-order chi connectivity index (χ1) is 14.4. The van der Waals surface area contributed by atoms with Crippen molar-refractivity contribution in [3.63, 3.8) is 0 Å². The van der Waals surface area contributed by atoms with Gasteiger partial charge in [0.2, 0.25) is 17.7 Å². The summed E-state index contributed by atoms with van der Waals surface area (Å²) in [6.45, 7) is 0.703. The summed E-state index contributed by atoms with van der Waals surface area (Å²) >= 11 is 6.95. The summed E-state index contributed by atoms with van der Waals surface area (Å²) < 4.78 is 1.64. The SMILES string of the molecule is O=C1[C@@H]2[C@@H]3CCCN3[C@@]3(C(=O)Nc4ccc(Br)cc43)[C@H]2C(=O)N1c1cccc(Br)c1. The highest BCUT2D eigenvalue weighted by atomic mass is 79.9. The van der Waals surface area contributed by atoms with Crippen molar-refractivity contribution in [2.24, 2.45) is 11.8 Å². The van der Waals surface area contributed by atoms with Gasteiger partial charge in [0.15, 0.2) is 0 Å². The number of halogens is 2. The van der Waals surface area contributed by atoms with Crippen LogP contribution in [0.5, 0.6) is 0 Å². The fraction of sp³-hybridized carbons (Fsp3) is 0.318. The Balaban J connectivity index is 1.57. The van der Waals surface area contributed by atoms with Crippen molar-refractivity contribution in [2.75, 3.05) is 16.8 Å². The molecule has 4 atom stereocenters. The normalized spacial score (nSPS) is 32.0. The number of hydrogen-bond acceptors (Lipinski definition) is 4. The molecule has 152 valence electrons. The Morgan fingerprint density at radius 2 is 1.80 bits per heavy atom. The van der Waals surface area contributed by atoms with Crippen LogP contribution in [0.25, 0.3) is 0 Å². The number of nitrogens with zero attached hydrogens (tertiary/aromatic N) is 2. The number of anilines is 2. The molecule has 4 aliphatic heterocycles. The molecule has 1 spiro atoms. The van der Waals surface area contributed by atoms with Crippen LogP contribution in [0.2, 0.25) is 0 Å². The van der Waals surface area contributed by atoms with Gasteiger partial charge < -0.3 is 5.32 Å². The fourth-order valence-electron chi connectivity index (χ4n) is 6.04. The van der Waals surface area contributed by atoms with E-state index in [0.717, 1.165) is 33.0 Å². The second kappa shape index (κ2) is 6.24. The zero-order chi connectivity index (χ0) is 20.8. The van der Waals surface area contributed by atoms with Crippen molar-refractivity contribution in [1.82, 2.24) is 4.90 Å². The van der Waals surface area contributed by atoms with Crippen LogP contribution in [0.1, 0.15) is 18.4 Å². The highest BCUT2D eigenvalue weighted by Crippen LogP contribution is 2.60. The van der Waals surface area contributed by atoms with Crippen molar-refractivity contribution in [3.05, 3.63) is 57.0 Å². The molecule has 4 heterocycles. The van der Waals surface area contributed by atoms with Gasteiger partial charge in [0.1, 0.15) is 5.54 Å². The maximum Gasteiger partial charge on any atom is 0.250 e. The molecule has 8 heteroatoms. The molecule has 6 rings (SSSR count). The maximum absolute atomic E-state index is 13.8. The number of carbonyl (C=O) groups excluding carboxylic acids is 3. The predicted octanol–water partition coefficient (Wildman–Crippen LogP) is 3.64. The van der Waals surface area contributed by atoms with E-state index in [9.17, 15) is 14.4 Å². The lowest BCUT2D eigenvalue weighted by atomic mass is 9.75. The van der Waals surface area contributed by atoms with Gasteiger partial charge in [-0.2, -0.15) is 0 Å². The predicted molar refractivity (Wildman–Crippen MR) is 118 cm³/mol. The van der Waals surface area contributed by atoms with E-state index in [0.29, 0.717) is 12.2 Å². The molecule has 30 heavy (non-hydrogen) atoms. The zero-order valence-corrected chi connectivity index (χ0v) is 18.9. The van der Waals surface area contributed by atoms with Crippen LogP contribution in [-0.2, 0) is 19.9 Å². The Morgan fingerprint density at radius 1 is 1.00 bits per heavy atom. The van der Waals surface area contributed by atoms with Gasteiger partial charge in [0.05, 0.1) is 17.5 Å². The van der Waals surface area contributed by atoms with E-state index < -0.39 is 17.4 Å². The Hall–Kier alpha value is -2.03. The van der Waals surface area contributed by atoms with Crippen LogP contribution < -0.4 is 10.2 Å². The number of nitrogens with one attached hydrogen (secondary N) is 1. The van der Waals surface area contributed by atoms with E-state index in [1.165, 1.54) is 4.90 Å². The summed E-state index contributed by atoms with van der Waals surface area (Å²) in [4.78, 5) is 44.4. The van der Waals surface area contributed by atoms with Crippen LogP contribution in [0, 0.1) is 11.8 Å². The lowest BCUT2D eigenvalue weighted by Crippen LogP contribution is -2.54. The molecule has 0 saturated carbocycles. The molecule has 2 aromatic rings. The third-order valence-electron chi connectivity index (χ3n) is 7.02. The standard InChI is InChI=1S/C22H17Br2N3O3/c23-11-3-1-4-13(9-11)27-19(28)17-16-5-2-8-26(16)22(18(17)20(27)29)14-10-12(24)6-7-15(14)25-21(22)30/h1,3-4,6-7,9-10,16-18H,2,5,8H2,(H,25,30)/t16-,17+,18+,22+/m0/s1. The lowest BCUT2D eigenvalue weighted by Gasteiger charge is -2.36. The largest absolute Gasteiger partial charge is 0.324 e.